The van der Waals surface area contributed by atoms with Gasteiger partial charge in [0.15, 0.2) is 0 Å². The first-order valence-electron chi connectivity index (χ1n) is 8.62. The van der Waals surface area contributed by atoms with Crippen molar-refractivity contribution in [1.29, 1.82) is 0 Å². The van der Waals surface area contributed by atoms with Gasteiger partial charge in [0, 0.05) is 27.7 Å². The number of fused-ring (bicyclic) bond motifs is 2. The van der Waals surface area contributed by atoms with Gasteiger partial charge >= 0.3 is 0 Å². The number of hydrogen-bond acceptors (Lipinski definition) is 5. The van der Waals surface area contributed by atoms with Crippen molar-refractivity contribution in [2.75, 3.05) is 11.1 Å². The van der Waals surface area contributed by atoms with Crippen LogP contribution >= 0.6 is 11.3 Å². The number of carbonyl (C=O) groups excluding carboxylic acids is 1. The van der Waals surface area contributed by atoms with Gasteiger partial charge in [0.2, 0.25) is 0 Å². The Morgan fingerprint density at radius 1 is 1.19 bits per heavy atom. The van der Waals surface area contributed by atoms with E-state index in [1.54, 1.807) is 6.92 Å². The van der Waals surface area contributed by atoms with Crippen LogP contribution in [0.2, 0.25) is 0 Å². The zero-order chi connectivity index (χ0) is 19.1. The Morgan fingerprint density at radius 2 is 1.93 bits per heavy atom. The summed E-state index contributed by atoms with van der Waals surface area (Å²) in [4.78, 5) is 18.5. The SMILES string of the molecule is Cc1nc2sc(C(=O)Nc3cccc4ccccc34)c(N)c2cc1C(C)O. The maximum Gasteiger partial charge on any atom is 0.267 e. The van der Waals surface area contributed by atoms with E-state index in [9.17, 15) is 9.90 Å². The second kappa shape index (κ2) is 6.64. The summed E-state index contributed by atoms with van der Waals surface area (Å²) < 4.78 is 0. The van der Waals surface area contributed by atoms with Crippen LogP contribution in [-0.4, -0.2) is 16.0 Å². The molecule has 0 spiro atoms. The van der Waals surface area contributed by atoms with Gasteiger partial charge in [-0.3, -0.25) is 4.79 Å². The van der Waals surface area contributed by atoms with Gasteiger partial charge in [-0.1, -0.05) is 36.4 Å². The number of rotatable bonds is 3. The molecule has 0 aliphatic heterocycles. The summed E-state index contributed by atoms with van der Waals surface area (Å²) in [5.41, 5.74) is 8.84. The van der Waals surface area contributed by atoms with Crippen LogP contribution < -0.4 is 11.1 Å². The van der Waals surface area contributed by atoms with E-state index in [-0.39, 0.29) is 5.91 Å². The summed E-state index contributed by atoms with van der Waals surface area (Å²) in [5, 5.41) is 15.6. The van der Waals surface area contributed by atoms with Crippen molar-refractivity contribution in [3.05, 3.63) is 64.7 Å². The Hall–Kier alpha value is -2.96. The molecule has 4 aromatic rings. The number of nitrogens with two attached hydrogens (primary N) is 1. The van der Waals surface area contributed by atoms with Gasteiger partial charge in [-0.15, -0.1) is 11.3 Å². The fraction of sp³-hybridized carbons (Fsp3) is 0.143. The van der Waals surface area contributed by atoms with Gasteiger partial charge in [0.05, 0.1) is 11.8 Å². The van der Waals surface area contributed by atoms with E-state index in [1.165, 1.54) is 11.3 Å². The topological polar surface area (TPSA) is 88.2 Å². The zero-order valence-electron chi connectivity index (χ0n) is 15.0. The molecule has 1 amide bonds. The van der Waals surface area contributed by atoms with Crippen LogP contribution in [0.15, 0.2) is 48.5 Å². The number of pyridine rings is 1. The summed E-state index contributed by atoms with van der Waals surface area (Å²) in [7, 11) is 0. The number of nitrogens with one attached hydrogen (secondary N) is 1. The number of aromatic nitrogens is 1. The molecular weight excluding hydrogens is 358 g/mol. The van der Waals surface area contributed by atoms with Crippen LogP contribution in [0, 0.1) is 6.92 Å². The molecule has 1 unspecified atom stereocenters. The van der Waals surface area contributed by atoms with E-state index in [0.717, 1.165) is 22.2 Å². The number of thiophene rings is 1. The number of nitrogens with zero attached hydrogens (tertiary/aromatic N) is 1. The lowest BCUT2D eigenvalue weighted by atomic mass is 10.1. The molecule has 2 aromatic heterocycles. The van der Waals surface area contributed by atoms with E-state index < -0.39 is 6.10 Å². The highest BCUT2D eigenvalue weighted by atomic mass is 32.1. The van der Waals surface area contributed by atoms with Gasteiger partial charge in [0.25, 0.3) is 5.91 Å². The number of aryl methyl sites for hydroxylation is 1. The molecule has 4 rings (SSSR count). The Bertz CT molecular complexity index is 1180. The fourth-order valence-corrected chi connectivity index (χ4v) is 4.27. The molecule has 0 radical (unpaired) electrons. The Kier molecular flexibility index (Phi) is 4.30. The summed E-state index contributed by atoms with van der Waals surface area (Å²) in [6.07, 6.45) is -0.644. The maximum atomic E-state index is 12.9. The number of aliphatic hydroxyl groups is 1. The third kappa shape index (κ3) is 3.03. The van der Waals surface area contributed by atoms with E-state index in [1.807, 2.05) is 55.5 Å². The molecule has 2 aromatic carbocycles. The average Bonchev–Trinajstić information content (AvgIpc) is 2.97. The Morgan fingerprint density at radius 3 is 2.70 bits per heavy atom. The molecule has 0 aliphatic rings. The van der Waals surface area contributed by atoms with Crippen LogP contribution in [-0.2, 0) is 0 Å². The normalized spacial score (nSPS) is 12.4. The Balaban J connectivity index is 1.75. The number of benzene rings is 2. The third-order valence-corrected chi connectivity index (χ3v) is 5.76. The van der Waals surface area contributed by atoms with Crippen LogP contribution in [0.5, 0.6) is 0 Å². The lowest BCUT2D eigenvalue weighted by Crippen LogP contribution is -2.12. The largest absolute Gasteiger partial charge is 0.397 e. The predicted molar refractivity (Wildman–Crippen MR) is 111 cm³/mol. The number of aliphatic hydroxyl groups excluding tert-OH is 1. The van der Waals surface area contributed by atoms with Gasteiger partial charge in [-0.2, -0.15) is 0 Å². The van der Waals surface area contributed by atoms with Crippen molar-refractivity contribution in [1.82, 2.24) is 4.98 Å². The van der Waals surface area contributed by atoms with Gasteiger partial charge in [-0.05, 0) is 31.4 Å². The lowest BCUT2D eigenvalue weighted by Gasteiger charge is -2.08. The molecule has 27 heavy (non-hydrogen) atoms. The number of amides is 1. The molecule has 0 bridgehead atoms. The molecule has 0 aliphatic carbocycles. The summed E-state index contributed by atoms with van der Waals surface area (Å²) in [5.74, 6) is -0.261. The second-order valence-corrected chi connectivity index (χ2v) is 7.52. The molecule has 4 N–H and O–H groups in total. The van der Waals surface area contributed by atoms with Crippen LogP contribution in [0.3, 0.4) is 0 Å². The first kappa shape index (κ1) is 17.5. The van der Waals surface area contributed by atoms with Crippen LogP contribution in [0.4, 0.5) is 11.4 Å². The monoisotopic (exact) mass is 377 g/mol. The molecule has 1 atom stereocenters. The highest BCUT2D eigenvalue weighted by Crippen LogP contribution is 2.35. The minimum Gasteiger partial charge on any atom is -0.397 e. The van der Waals surface area contributed by atoms with Crippen molar-refractivity contribution in [3.8, 4) is 0 Å². The van der Waals surface area contributed by atoms with E-state index in [4.69, 9.17) is 5.73 Å². The fourth-order valence-electron chi connectivity index (χ4n) is 3.25. The first-order valence-corrected chi connectivity index (χ1v) is 9.44. The average molecular weight is 377 g/mol. The van der Waals surface area contributed by atoms with Crippen molar-refractivity contribution >= 4 is 49.6 Å². The molecule has 0 saturated carbocycles. The first-order chi connectivity index (χ1) is 13.0. The van der Waals surface area contributed by atoms with Crippen molar-refractivity contribution in [2.45, 2.75) is 20.0 Å². The highest BCUT2D eigenvalue weighted by Gasteiger charge is 2.20. The number of anilines is 2. The van der Waals surface area contributed by atoms with Gasteiger partial charge < -0.3 is 16.2 Å². The van der Waals surface area contributed by atoms with Gasteiger partial charge in [-0.25, -0.2) is 4.98 Å². The quantitative estimate of drug-likeness (QED) is 0.485. The minimum absolute atomic E-state index is 0.261. The molecule has 6 heteroatoms. The van der Waals surface area contributed by atoms with Crippen LogP contribution in [0.1, 0.15) is 34.0 Å². The predicted octanol–water partition coefficient (Wildman–Crippen LogP) is 4.65. The third-order valence-electron chi connectivity index (χ3n) is 4.64. The molecule has 2 heterocycles. The molecule has 5 nitrogen and oxygen atoms in total. The lowest BCUT2D eigenvalue weighted by molar-refractivity contribution is 0.103. The Labute approximate surface area is 160 Å². The zero-order valence-corrected chi connectivity index (χ0v) is 15.8. The van der Waals surface area contributed by atoms with E-state index >= 15 is 0 Å². The summed E-state index contributed by atoms with van der Waals surface area (Å²) >= 11 is 1.26. The smallest absolute Gasteiger partial charge is 0.267 e. The van der Waals surface area contributed by atoms with Crippen molar-refractivity contribution in [3.63, 3.8) is 0 Å². The molecule has 0 fully saturated rings. The van der Waals surface area contributed by atoms with E-state index in [2.05, 4.69) is 10.3 Å². The molecule has 136 valence electrons. The maximum absolute atomic E-state index is 12.9. The number of hydrogen-bond donors (Lipinski definition) is 3. The summed E-state index contributed by atoms with van der Waals surface area (Å²) in [6.45, 7) is 3.53. The van der Waals surface area contributed by atoms with Gasteiger partial charge in [0.1, 0.15) is 9.71 Å². The second-order valence-electron chi connectivity index (χ2n) is 6.52. The van der Waals surface area contributed by atoms with Crippen LogP contribution in [0.25, 0.3) is 21.0 Å². The molecular formula is C21H19N3O2S. The number of nitrogen functional groups attached to an aromatic ring is 1. The standard InChI is InChI=1S/C21H19N3O2S/c1-11-15(12(2)25)10-16-18(22)19(27-21(16)23-11)20(26)24-17-9-5-7-13-6-3-4-8-14(13)17/h3-10,12,25H,22H2,1-2H3,(H,24,26). The van der Waals surface area contributed by atoms with E-state index in [0.29, 0.717) is 26.3 Å². The minimum atomic E-state index is -0.644. The van der Waals surface area contributed by atoms with Crippen molar-refractivity contribution < 1.29 is 9.90 Å². The van der Waals surface area contributed by atoms with Crippen molar-refractivity contribution in [2.24, 2.45) is 0 Å². The number of carbonyl (C=O) groups is 1. The molecule has 0 saturated heterocycles. The highest BCUT2D eigenvalue weighted by molar-refractivity contribution is 7.21. The summed E-state index contributed by atoms with van der Waals surface area (Å²) in [6, 6.07) is 15.5.